The van der Waals surface area contributed by atoms with Crippen molar-refractivity contribution < 1.29 is 18.0 Å². The Hall–Kier alpha value is -2.36. The summed E-state index contributed by atoms with van der Waals surface area (Å²) in [4.78, 5) is 26.6. The van der Waals surface area contributed by atoms with Crippen molar-refractivity contribution in [2.45, 2.75) is 9.79 Å². The van der Waals surface area contributed by atoms with E-state index in [1.807, 2.05) is 24.5 Å². The van der Waals surface area contributed by atoms with Crippen LogP contribution in [-0.2, 0) is 14.8 Å². The molecule has 2 aromatic rings. The van der Waals surface area contributed by atoms with Gasteiger partial charge in [-0.15, -0.1) is 11.8 Å². The van der Waals surface area contributed by atoms with E-state index in [-0.39, 0.29) is 22.9 Å². The molecular formula is C17H19N3O4S2. The van der Waals surface area contributed by atoms with Crippen LogP contribution in [0, 0.1) is 0 Å². The first-order valence-electron chi connectivity index (χ1n) is 7.53. The van der Waals surface area contributed by atoms with Gasteiger partial charge in [-0.05, 0) is 36.6 Å². The quantitative estimate of drug-likeness (QED) is 0.727. The first kappa shape index (κ1) is 20.0. The van der Waals surface area contributed by atoms with Crippen LogP contribution < -0.4 is 10.5 Å². The van der Waals surface area contributed by atoms with Crippen molar-refractivity contribution in [3.63, 3.8) is 0 Å². The number of hydrogen-bond donors (Lipinski definition) is 2. The van der Waals surface area contributed by atoms with Gasteiger partial charge in [-0.2, -0.15) is 0 Å². The number of thioether (sulfide) groups is 1. The second-order valence-corrected chi connectivity index (χ2v) is 7.89. The monoisotopic (exact) mass is 393 g/mol. The van der Waals surface area contributed by atoms with E-state index in [4.69, 9.17) is 5.14 Å². The van der Waals surface area contributed by atoms with Crippen LogP contribution in [0.5, 0.6) is 0 Å². The molecule has 2 rings (SSSR count). The molecule has 26 heavy (non-hydrogen) atoms. The summed E-state index contributed by atoms with van der Waals surface area (Å²) in [6.07, 6.45) is 1.90. The first-order valence-corrected chi connectivity index (χ1v) is 10.3. The highest BCUT2D eigenvalue weighted by Crippen LogP contribution is 2.24. The van der Waals surface area contributed by atoms with Crippen molar-refractivity contribution in [2.75, 3.05) is 25.2 Å². The maximum atomic E-state index is 12.4. The molecule has 138 valence electrons. The van der Waals surface area contributed by atoms with Crippen LogP contribution in [0.25, 0.3) is 0 Å². The minimum Gasteiger partial charge on any atom is -0.332 e. The predicted molar refractivity (Wildman–Crippen MR) is 102 cm³/mol. The van der Waals surface area contributed by atoms with E-state index >= 15 is 0 Å². The number of hydrogen-bond acceptors (Lipinski definition) is 5. The van der Waals surface area contributed by atoms with Crippen molar-refractivity contribution in [1.82, 2.24) is 4.90 Å². The van der Waals surface area contributed by atoms with Crippen molar-refractivity contribution in [1.29, 1.82) is 0 Å². The van der Waals surface area contributed by atoms with Gasteiger partial charge in [0.25, 0.3) is 5.91 Å². The molecule has 0 fully saturated rings. The number of primary sulfonamides is 1. The minimum absolute atomic E-state index is 0.135. The third-order valence-corrected chi connectivity index (χ3v) is 5.22. The Morgan fingerprint density at radius 2 is 1.85 bits per heavy atom. The number of nitrogens with two attached hydrogens (primary N) is 1. The molecule has 0 saturated heterocycles. The summed E-state index contributed by atoms with van der Waals surface area (Å²) in [6.45, 7) is -0.179. The zero-order valence-corrected chi connectivity index (χ0v) is 15.9. The number of sulfonamides is 1. The van der Waals surface area contributed by atoms with E-state index < -0.39 is 15.9 Å². The Balaban J connectivity index is 2.08. The number of amides is 2. The standard InChI is InChI=1S/C17H19N3O4S2/c1-20(11-16(21)19-14-8-3-4-9-15(14)25-2)17(22)12-6-5-7-13(10-12)26(18,23)24/h3-10H,11H2,1-2H3,(H,19,21)(H2,18,23,24). The summed E-state index contributed by atoms with van der Waals surface area (Å²) in [6, 6.07) is 12.7. The topological polar surface area (TPSA) is 110 Å². The normalized spacial score (nSPS) is 11.0. The predicted octanol–water partition coefficient (Wildman–Crippen LogP) is 1.77. The Bertz CT molecular complexity index is 929. The Morgan fingerprint density at radius 3 is 2.50 bits per heavy atom. The zero-order valence-electron chi connectivity index (χ0n) is 14.3. The van der Waals surface area contributed by atoms with Crippen LogP contribution >= 0.6 is 11.8 Å². The van der Waals surface area contributed by atoms with Crippen molar-refractivity contribution in [3.8, 4) is 0 Å². The highest BCUT2D eigenvalue weighted by molar-refractivity contribution is 7.98. The summed E-state index contributed by atoms with van der Waals surface area (Å²) in [7, 11) is -2.44. The van der Waals surface area contributed by atoms with Crippen LogP contribution in [0.2, 0.25) is 0 Å². The van der Waals surface area contributed by atoms with Crippen LogP contribution in [0.3, 0.4) is 0 Å². The number of anilines is 1. The first-order chi connectivity index (χ1) is 12.2. The molecule has 0 spiro atoms. The number of carbonyl (C=O) groups excluding carboxylic acids is 2. The molecule has 0 aliphatic heterocycles. The zero-order chi connectivity index (χ0) is 19.3. The average Bonchev–Trinajstić information content (AvgIpc) is 2.60. The molecule has 0 heterocycles. The van der Waals surface area contributed by atoms with Gasteiger partial charge in [-0.25, -0.2) is 13.6 Å². The average molecular weight is 393 g/mol. The van der Waals surface area contributed by atoms with Gasteiger partial charge in [0.15, 0.2) is 0 Å². The smallest absolute Gasteiger partial charge is 0.254 e. The third kappa shape index (κ3) is 5.07. The van der Waals surface area contributed by atoms with E-state index in [0.717, 1.165) is 4.90 Å². The van der Waals surface area contributed by atoms with Crippen LogP contribution in [0.15, 0.2) is 58.3 Å². The molecule has 0 bridgehead atoms. The number of carbonyl (C=O) groups is 2. The number of likely N-dealkylation sites (N-methyl/N-ethyl adjacent to an activating group) is 1. The fourth-order valence-electron chi connectivity index (χ4n) is 2.25. The Labute approximate surface area is 156 Å². The van der Waals surface area contributed by atoms with E-state index in [0.29, 0.717) is 5.69 Å². The maximum Gasteiger partial charge on any atom is 0.254 e. The molecule has 0 radical (unpaired) electrons. The number of para-hydroxylation sites is 1. The van der Waals surface area contributed by atoms with Gasteiger partial charge >= 0.3 is 0 Å². The molecule has 0 aliphatic carbocycles. The van der Waals surface area contributed by atoms with E-state index in [9.17, 15) is 18.0 Å². The van der Waals surface area contributed by atoms with Crippen LogP contribution in [-0.4, -0.2) is 45.0 Å². The summed E-state index contributed by atoms with van der Waals surface area (Å²) < 4.78 is 22.8. The molecule has 7 nitrogen and oxygen atoms in total. The van der Waals surface area contributed by atoms with Crippen molar-refractivity contribution >= 4 is 39.3 Å². The Kier molecular flexibility index (Phi) is 6.41. The Morgan fingerprint density at radius 1 is 1.15 bits per heavy atom. The van der Waals surface area contributed by atoms with Crippen molar-refractivity contribution in [3.05, 3.63) is 54.1 Å². The van der Waals surface area contributed by atoms with Gasteiger partial charge < -0.3 is 10.2 Å². The number of benzene rings is 2. The molecule has 2 amide bonds. The summed E-state index contributed by atoms with van der Waals surface area (Å²) in [5, 5.41) is 7.84. The van der Waals surface area contributed by atoms with Gasteiger partial charge in [-0.1, -0.05) is 18.2 Å². The fraction of sp³-hybridized carbons (Fsp3) is 0.176. The molecular weight excluding hydrogens is 374 g/mol. The van der Waals surface area contributed by atoms with Crippen LogP contribution in [0.4, 0.5) is 5.69 Å². The lowest BCUT2D eigenvalue weighted by molar-refractivity contribution is -0.116. The van der Waals surface area contributed by atoms with Gasteiger partial charge in [-0.3, -0.25) is 9.59 Å². The highest BCUT2D eigenvalue weighted by atomic mass is 32.2. The SMILES string of the molecule is CSc1ccccc1NC(=O)CN(C)C(=O)c1cccc(S(N)(=O)=O)c1. The third-order valence-electron chi connectivity index (χ3n) is 3.52. The second-order valence-electron chi connectivity index (χ2n) is 5.48. The van der Waals surface area contributed by atoms with Crippen LogP contribution in [0.1, 0.15) is 10.4 Å². The van der Waals surface area contributed by atoms with Gasteiger partial charge in [0.05, 0.1) is 17.1 Å². The van der Waals surface area contributed by atoms with Gasteiger partial charge in [0.2, 0.25) is 15.9 Å². The molecule has 0 unspecified atom stereocenters. The van der Waals surface area contributed by atoms with Crippen molar-refractivity contribution in [2.24, 2.45) is 5.14 Å². The molecule has 2 aromatic carbocycles. The summed E-state index contributed by atoms with van der Waals surface area (Å²) in [5.41, 5.74) is 0.804. The van der Waals surface area contributed by atoms with E-state index in [1.54, 1.807) is 6.07 Å². The number of nitrogens with one attached hydrogen (secondary N) is 1. The number of rotatable bonds is 6. The largest absolute Gasteiger partial charge is 0.332 e. The van der Waals surface area contributed by atoms with Gasteiger partial charge in [0.1, 0.15) is 0 Å². The lowest BCUT2D eigenvalue weighted by Gasteiger charge is -2.18. The van der Waals surface area contributed by atoms with E-state index in [2.05, 4.69) is 5.32 Å². The van der Waals surface area contributed by atoms with E-state index in [1.165, 1.54) is 48.0 Å². The molecule has 9 heteroatoms. The molecule has 0 aromatic heterocycles. The molecule has 0 aliphatic rings. The number of nitrogens with zero attached hydrogens (tertiary/aromatic N) is 1. The summed E-state index contributed by atoms with van der Waals surface area (Å²) >= 11 is 1.50. The fourth-order valence-corrected chi connectivity index (χ4v) is 3.36. The maximum absolute atomic E-state index is 12.4. The lowest BCUT2D eigenvalue weighted by atomic mass is 10.2. The molecule has 0 atom stereocenters. The minimum atomic E-state index is -3.91. The molecule has 3 N–H and O–H groups in total. The molecule has 0 saturated carbocycles. The second kappa shape index (κ2) is 8.35. The summed E-state index contributed by atoms with van der Waals surface area (Å²) in [5.74, 6) is -0.839. The highest BCUT2D eigenvalue weighted by Gasteiger charge is 2.18. The van der Waals surface area contributed by atoms with Gasteiger partial charge in [0, 0.05) is 17.5 Å². The lowest BCUT2D eigenvalue weighted by Crippen LogP contribution is -2.35.